The molecule has 0 saturated heterocycles. The SMILES string of the molecule is CNC(c1ccccc1C(C)(C)C)C1CCCC1. The van der Waals surface area contributed by atoms with Crippen molar-refractivity contribution in [3.8, 4) is 0 Å². The third kappa shape index (κ3) is 2.77. The Labute approximate surface area is 112 Å². The Balaban J connectivity index is 2.35. The van der Waals surface area contributed by atoms with Gasteiger partial charge in [-0.05, 0) is 42.3 Å². The van der Waals surface area contributed by atoms with Gasteiger partial charge >= 0.3 is 0 Å². The van der Waals surface area contributed by atoms with Crippen molar-refractivity contribution >= 4 is 0 Å². The number of rotatable bonds is 3. The molecular weight excluding hydrogens is 218 g/mol. The van der Waals surface area contributed by atoms with Gasteiger partial charge in [0.25, 0.3) is 0 Å². The van der Waals surface area contributed by atoms with Crippen LogP contribution in [0, 0.1) is 5.92 Å². The number of nitrogens with one attached hydrogen (secondary N) is 1. The molecule has 1 aliphatic carbocycles. The van der Waals surface area contributed by atoms with Crippen molar-refractivity contribution in [1.82, 2.24) is 5.32 Å². The standard InChI is InChI=1S/C17H27N/c1-17(2,3)15-12-8-7-11-14(15)16(18-4)13-9-5-6-10-13/h7-8,11-13,16,18H,5-6,9-10H2,1-4H3. The van der Waals surface area contributed by atoms with Gasteiger partial charge in [-0.2, -0.15) is 0 Å². The van der Waals surface area contributed by atoms with Gasteiger partial charge in [0.05, 0.1) is 0 Å². The maximum Gasteiger partial charge on any atom is 0.0349 e. The molecule has 1 aliphatic rings. The van der Waals surface area contributed by atoms with E-state index in [0.717, 1.165) is 5.92 Å². The minimum absolute atomic E-state index is 0.226. The molecule has 18 heavy (non-hydrogen) atoms. The molecule has 100 valence electrons. The first kappa shape index (κ1) is 13.6. The van der Waals surface area contributed by atoms with Crippen molar-refractivity contribution in [2.45, 2.75) is 57.9 Å². The Morgan fingerprint density at radius 1 is 1.11 bits per heavy atom. The summed E-state index contributed by atoms with van der Waals surface area (Å²) in [7, 11) is 2.11. The van der Waals surface area contributed by atoms with Crippen LogP contribution in [0.5, 0.6) is 0 Å². The summed E-state index contributed by atoms with van der Waals surface area (Å²) in [6, 6.07) is 9.51. The second-order valence-electron chi connectivity index (χ2n) is 6.65. The van der Waals surface area contributed by atoms with Crippen LogP contribution in [0.25, 0.3) is 0 Å². The summed E-state index contributed by atoms with van der Waals surface area (Å²) in [5.74, 6) is 0.818. The van der Waals surface area contributed by atoms with Crippen molar-refractivity contribution in [2.24, 2.45) is 5.92 Å². The van der Waals surface area contributed by atoms with E-state index in [1.165, 1.54) is 36.8 Å². The first-order valence-corrected chi connectivity index (χ1v) is 7.30. The quantitative estimate of drug-likeness (QED) is 0.830. The molecule has 2 rings (SSSR count). The van der Waals surface area contributed by atoms with Crippen LogP contribution in [0.4, 0.5) is 0 Å². The average molecular weight is 245 g/mol. The molecule has 1 nitrogen and oxygen atoms in total. The first-order valence-electron chi connectivity index (χ1n) is 7.30. The number of benzene rings is 1. The highest BCUT2D eigenvalue weighted by molar-refractivity contribution is 5.35. The zero-order chi connectivity index (χ0) is 13.2. The van der Waals surface area contributed by atoms with Crippen molar-refractivity contribution in [3.05, 3.63) is 35.4 Å². The maximum absolute atomic E-state index is 3.57. The Kier molecular flexibility index (Phi) is 4.11. The molecule has 1 unspecified atom stereocenters. The second-order valence-corrected chi connectivity index (χ2v) is 6.65. The number of hydrogen-bond acceptors (Lipinski definition) is 1. The minimum atomic E-state index is 0.226. The average Bonchev–Trinajstić information content (AvgIpc) is 2.83. The third-order valence-electron chi connectivity index (χ3n) is 4.29. The third-order valence-corrected chi connectivity index (χ3v) is 4.29. The lowest BCUT2D eigenvalue weighted by atomic mass is 9.79. The lowest BCUT2D eigenvalue weighted by molar-refractivity contribution is 0.383. The molecule has 0 bridgehead atoms. The summed E-state index contributed by atoms with van der Waals surface area (Å²) >= 11 is 0. The molecule has 0 heterocycles. The largest absolute Gasteiger partial charge is 0.313 e. The predicted octanol–water partition coefficient (Wildman–Crippen LogP) is 4.43. The number of hydrogen-bond donors (Lipinski definition) is 1. The summed E-state index contributed by atoms with van der Waals surface area (Å²) < 4.78 is 0. The minimum Gasteiger partial charge on any atom is -0.313 e. The highest BCUT2D eigenvalue weighted by Gasteiger charge is 2.29. The fourth-order valence-electron chi connectivity index (χ4n) is 3.39. The molecule has 0 aliphatic heterocycles. The van der Waals surface area contributed by atoms with E-state index >= 15 is 0 Å². The van der Waals surface area contributed by atoms with E-state index in [0.29, 0.717) is 6.04 Å². The van der Waals surface area contributed by atoms with E-state index < -0.39 is 0 Å². The summed E-state index contributed by atoms with van der Waals surface area (Å²) in [5.41, 5.74) is 3.24. The van der Waals surface area contributed by atoms with Gasteiger partial charge in [-0.25, -0.2) is 0 Å². The summed E-state index contributed by atoms with van der Waals surface area (Å²) in [5, 5.41) is 3.57. The highest BCUT2D eigenvalue weighted by atomic mass is 14.9. The molecule has 0 aromatic heterocycles. The van der Waals surface area contributed by atoms with Gasteiger partial charge in [0, 0.05) is 6.04 Å². The zero-order valence-electron chi connectivity index (χ0n) is 12.3. The summed E-state index contributed by atoms with van der Waals surface area (Å²) in [6.07, 6.45) is 5.56. The normalized spacial score (nSPS) is 19.1. The van der Waals surface area contributed by atoms with Gasteiger partial charge < -0.3 is 5.32 Å². The van der Waals surface area contributed by atoms with Gasteiger partial charge in [0.2, 0.25) is 0 Å². The van der Waals surface area contributed by atoms with Crippen molar-refractivity contribution < 1.29 is 0 Å². The maximum atomic E-state index is 3.57. The molecule has 1 N–H and O–H groups in total. The van der Waals surface area contributed by atoms with E-state index in [1.807, 2.05) is 0 Å². The van der Waals surface area contributed by atoms with E-state index in [1.54, 1.807) is 0 Å². The van der Waals surface area contributed by atoms with Gasteiger partial charge in [0.1, 0.15) is 0 Å². The topological polar surface area (TPSA) is 12.0 Å². The monoisotopic (exact) mass is 245 g/mol. The van der Waals surface area contributed by atoms with Crippen LogP contribution in [-0.2, 0) is 5.41 Å². The van der Waals surface area contributed by atoms with Crippen LogP contribution in [-0.4, -0.2) is 7.05 Å². The fourth-order valence-corrected chi connectivity index (χ4v) is 3.39. The first-order chi connectivity index (χ1) is 8.54. The molecule has 1 atom stereocenters. The van der Waals surface area contributed by atoms with E-state index in [4.69, 9.17) is 0 Å². The van der Waals surface area contributed by atoms with Crippen LogP contribution in [0.3, 0.4) is 0 Å². The second kappa shape index (κ2) is 5.44. The Hall–Kier alpha value is -0.820. The fraction of sp³-hybridized carbons (Fsp3) is 0.647. The van der Waals surface area contributed by atoms with Crippen molar-refractivity contribution in [1.29, 1.82) is 0 Å². The molecule has 1 saturated carbocycles. The molecule has 1 heteroatoms. The molecule has 0 spiro atoms. The van der Waals surface area contributed by atoms with E-state index in [2.05, 4.69) is 57.4 Å². The van der Waals surface area contributed by atoms with Gasteiger partial charge in [-0.1, -0.05) is 57.9 Å². The van der Waals surface area contributed by atoms with Crippen LogP contribution >= 0.6 is 0 Å². The molecule has 1 aromatic carbocycles. The van der Waals surface area contributed by atoms with Crippen LogP contribution in [0.2, 0.25) is 0 Å². The van der Waals surface area contributed by atoms with Crippen LogP contribution in [0.15, 0.2) is 24.3 Å². The molecule has 1 fully saturated rings. The highest BCUT2D eigenvalue weighted by Crippen LogP contribution is 2.39. The summed E-state index contributed by atoms with van der Waals surface area (Å²) in [4.78, 5) is 0. The molecule has 1 aromatic rings. The van der Waals surface area contributed by atoms with Gasteiger partial charge in [-0.3, -0.25) is 0 Å². The lowest BCUT2D eigenvalue weighted by Gasteiger charge is -2.30. The van der Waals surface area contributed by atoms with Crippen molar-refractivity contribution in [3.63, 3.8) is 0 Å². The molecule has 0 radical (unpaired) electrons. The van der Waals surface area contributed by atoms with E-state index in [-0.39, 0.29) is 5.41 Å². The van der Waals surface area contributed by atoms with E-state index in [9.17, 15) is 0 Å². The summed E-state index contributed by atoms with van der Waals surface area (Å²) in [6.45, 7) is 6.94. The van der Waals surface area contributed by atoms with Crippen molar-refractivity contribution in [2.75, 3.05) is 7.05 Å². The van der Waals surface area contributed by atoms with Crippen LogP contribution in [0.1, 0.15) is 63.6 Å². The lowest BCUT2D eigenvalue weighted by Crippen LogP contribution is -2.27. The van der Waals surface area contributed by atoms with Gasteiger partial charge in [-0.15, -0.1) is 0 Å². The predicted molar refractivity (Wildman–Crippen MR) is 78.9 cm³/mol. The van der Waals surface area contributed by atoms with Crippen LogP contribution < -0.4 is 5.32 Å². The molecule has 0 amide bonds. The zero-order valence-corrected chi connectivity index (χ0v) is 12.3. The Bertz CT molecular complexity index is 383. The Morgan fingerprint density at radius 2 is 1.72 bits per heavy atom. The van der Waals surface area contributed by atoms with Gasteiger partial charge in [0.15, 0.2) is 0 Å². The molecular formula is C17H27N. The Morgan fingerprint density at radius 3 is 2.28 bits per heavy atom. The smallest absolute Gasteiger partial charge is 0.0349 e.